The molecule has 0 atom stereocenters. The minimum absolute atomic E-state index is 0.00683. The maximum absolute atomic E-state index is 13.1. The molecule has 0 radical (unpaired) electrons. The van der Waals surface area contributed by atoms with E-state index in [4.69, 9.17) is 23.2 Å². The van der Waals surface area contributed by atoms with Crippen molar-refractivity contribution in [1.29, 1.82) is 0 Å². The summed E-state index contributed by atoms with van der Waals surface area (Å²) in [6, 6.07) is 4.13. The Morgan fingerprint density at radius 3 is 1.82 bits per heavy atom. The highest BCUT2D eigenvalue weighted by atomic mass is 35.5. The molecule has 1 aliphatic rings. The van der Waals surface area contributed by atoms with E-state index in [9.17, 15) is 41.8 Å². The Labute approximate surface area is 194 Å². The van der Waals surface area contributed by atoms with Crippen LogP contribution in [0.25, 0.3) is 0 Å². The fourth-order valence-electron chi connectivity index (χ4n) is 3.31. The number of alkyl halides is 3. The Morgan fingerprint density at radius 2 is 1.39 bits per heavy atom. The Hall–Kier alpha value is -2.68. The fraction of sp³-hybridized carbons (Fsp3) is 0.294. The number of anilines is 1. The second-order valence-corrected chi connectivity index (χ2v) is 9.59. The first-order valence-electron chi connectivity index (χ1n) is 8.97. The largest absolute Gasteiger partial charge is 0.416 e. The summed E-state index contributed by atoms with van der Waals surface area (Å²) in [5.74, 6) is 0. The van der Waals surface area contributed by atoms with Crippen molar-refractivity contribution in [2.24, 2.45) is 0 Å². The van der Waals surface area contributed by atoms with Crippen molar-refractivity contribution in [3.63, 3.8) is 0 Å². The van der Waals surface area contributed by atoms with E-state index < -0.39 is 48.7 Å². The molecule has 1 aliphatic heterocycles. The van der Waals surface area contributed by atoms with Gasteiger partial charge in [0.15, 0.2) is 5.69 Å². The van der Waals surface area contributed by atoms with Crippen LogP contribution in [-0.4, -0.2) is 48.7 Å². The zero-order chi connectivity index (χ0) is 24.7. The standard InChI is InChI=1S/C17H13Cl2F3N4O6S/c18-12-2-1-11(9-13(12)19)33(31,32)24-5-3-23(4-6-24)16-14(25(27)28)7-10(17(20,21)22)8-15(16)26(29)30/h1-2,7-9H,3-6H2. The third-order valence-corrected chi connectivity index (χ3v) is 7.51. The molecule has 2 aromatic carbocycles. The van der Waals surface area contributed by atoms with Crippen LogP contribution < -0.4 is 4.90 Å². The van der Waals surface area contributed by atoms with Crippen LogP contribution in [0.2, 0.25) is 10.0 Å². The second kappa shape index (κ2) is 8.93. The van der Waals surface area contributed by atoms with Crippen LogP contribution in [-0.2, 0) is 16.2 Å². The van der Waals surface area contributed by atoms with Crippen LogP contribution in [0, 0.1) is 20.2 Å². The molecule has 0 spiro atoms. The van der Waals surface area contributed by atoms with Gasteiger partial charge in [-0.05, 0) is 18.2 Å². The van der Waals surface area contributed by atoms with Crippen LogP contribution in [0.1, 0.15) is 5.56 Å². The maximum atomic E-state index is 13.1. The van der Waals surface area contributed by atoms with Gasteiger partial charge in [0.2, 0.25) is 10.0 Å². The predicted octanol–water partition coefficient (Wildman–Crippen LogP) is 4.34. The van der Waals surface area contributed by atoms with Gasteiger partial charge in [-0.2, -0.15) is 17.5 Å². The minimum atomic E-state index is -5.04. The summed E-state index contributed by atoms with van der Waals surface area (Å²) in [6.45, 7) is -0.961. The molecule has 1 saturated heterocycles. The van der Waals surface area contributed by atoms with Gasteiger partial charge in [0, 0.05) is 38.3 Å². The molecular weight excluding hydrogens is 516 g/mol. The minimum Gasteiger partial charge on any atom is -0.358 e. The third-order valence-electron chi connectivity index (χ3n) is 4.87. The molecular formula is C17H13Cl2F3N4O6S. The predicted molar refractivity (Wildman–Crippen MR) is 112 cm³/mol. The molecule has 16 heteroatoms. The molecule has 0 saturated carbocycles. The van der Waals surface area contributed by atoms with Gasteiger partial charge in [-0.1, -0.05) is 23.2 Å². The topological polar surface area (TPSA) is 127 Å². The first-order chi connectivity index (χ1) is 15.2. The number of hydrogen-bond donors (Lipinski definition) is 0. The molecule has 0 bridgehead atoms. The van der Waals surface area contributed by atoms with Gasteiger partial charge in [0.25, 0.3) is 11.4 Å². The number of rotatable bonds is 5. The highest BCUT2D eigenvalue weighted by Gasteiger charge is 2.40. The Morgan fingerprint density at radius 1 is 0.879 bits per heavy atom. The zero-order valence-electron chi connectivity index (χ0n) is 16.3. The molecule has 10 nitrogen and oxygen atoms in total. The first kappa shape index (κ1) is 25.0. The fourth-order valence-corrected chi connectivity index (χ4v) is 5.12. The smallest absolute Gasteiger partial charge is 0.358 e. The lowest BCUT2D eigenvalue weighted by atomic mass is 10.1. The SMILES string of the molecule is O=[N+]([O-])c1cc(C(F)(F)F)cc([N+](=O)[O-])c1N1CCN(S(=O)(=O)c2ccc(Cl)c(Cl)c2)CC1. The van der Waals surface area contributed by atoms with Crippen LogP contribution in [0.4, 0.5) is 30.2 Å². The van der Waals surface area contributed by atoms with Gasteiger partial charge in [-0.25, -0.2) is 8.42 Å². The van der Waals surface area contributed by atoms with E-state index in [1.165, 1.54) is 12.1 Å². The molecule has 0 aliphatic carbocycles. The van der Waals surface area contributed by atoms with E-state index in [0.29, 0.717) is 0 Å². The molecule has 3 rings (SSSR count). The van der Waals surface area contributed by atoms with E-state index in [0.717, 1.165) is 15.3 Å². The van der Waals surface area contributed by atoms with Gasteiger partial charge < -0.3 is 4.90 Å². The molecule has 0 aromatic heterocycles. The normalized spacial score (nSPS) is 15.5. The van der Waals surface area contributed by atoms with Crippen LogP contribution >= 0.6 is 23.2 Å². The lowest BCUT2D eigenvalue weighted by Crippen LogP contribution is -2.49. The number of benzene rings is 2. The average molecular weight is 529 g/mol. The number of hydrogen-bond acceptors (Lipinski definition) is 7. The molecule has 2 aromatic rings. The Kier molecular flexibility index (Phi) is 6.75. The Balaban J connectivity index is 1.95. The van der Waals surface area contributed by atoms with Crippen molar-refractivity contribution in [3.05, 3.63) is 66.2 Å². The monoisotopic (exact) mass is 528 g/mol. The summed E-state index contributed by atoms with van der Waals surface area (Å²) in [5, 5.41) is 23.0. The lowest BCUT2D eigenvalue weighted by molar-refractivity contribution is -0.393. The van der Waals surface area contributed by atoms with Crippen molar-refractivity contribution in [2.45, 2.75) is 11.1 Å². The van der Waals surface area contributed by atoms with Crippen LogP contribution in [0.15, 0.2) is 35.2 Å². The zero-order valence-corrected chi connectivity index (χ0v) is 18.6. The number of nitro benzene ring substituents is 2. The van der Waals surface area contributed by atoms with Crippen molar-refractivity contribution >= 4 is 50.3 Å². The van der Waals surface area contributed by atoms with Crippen molar-refractivity contribution in [3.8, 4) is 0 Å². The molecule has 1 heterocycles. The number of nitrogens with zero attached hydrogens (tertiary/aromatic N) is 4. The molecule has 1 fully saturated rings. The summed E-state index contributed by atoms with van der Waals surface area (Å²) < 4.78 is 66.0. The molecule has 178 valence electrons. The quantitative estimate of drug-likeness (QED) is 0.417. The van der Waals surface area contributed by atoms with E-state index >= 15 is 0 Å². The molecule has 0 amide bonds. The number of piperazine rings is 1. The average Bonchev–Trinajstić information content (AvgIpc) is 2.73. The highest BCUT2D eigenvalue weighted by molar-refractivity contribution is 7.89. The summed E-state index contributed by atoms with van der Waals surface area (Å²) in [6.07, 6.45) is -5.04. The third kappa shape index (κ3) is 4.98. The van der Waals surface area contributed by atoms with Gasteiger partial charge in [0.1, 0.15) is 0 Å². The van der Waals surface area contributed by atoms with E-state index in [2.05, 4.69) is 0 Å². The molecule has 0 N–H and O–H groups in total. The van der Waals surface area contributed by atoms with Crippen molar-refractivity contribution < 1.29 is 31.4 Å². The first-order valence-corrected chi connectivity index (χ1v) is 11.2. The Bertz CT molecular complexity index is 1200. The number of sulfonamides is 1. The van der Waals surface area contributed by atoms with Gasteiger partial charge in [-0.3, -0.25) is 20.2 Å². The maximum Gasteiger partial charge on any atom is 0.416 e. The molecule has 0 unspecified atom stereocenters. The summed E-state index contributed by atoms with van der Waals surface area (Å²) in [5.41, 5.74) is -4.36. The summed E-state index contributed by atoms with van der Waals surface area (Å²) >= 11 is 11.7. The summed E-state index contributed by atoms with van der Waals surface area (Å²) in [7, 11) is -4.04. The van der Waals surface area contributed by atoms with Gasteiger partial charge >= 0.3 is 6.18 Å². The van der Waals surface area contributed by atoms with E-state index in [-0.39, 0.29) is 53.3 Å². The van der Waals surface area contributed by atoms with Gasteiger partial charge in [0.05, 0.1) is 30.4 Å². The van der Waals surface area contributed by atoms with Crippen molar-refractivity contribution in [1.82, 2.24) is 4.31 Å². The number of halogens is 5. The number of nitro groups is 2. The highest BCUT2D eigenvalue weighted by Crippen LogP contribution is 2.43. The van der Waals surface area contributed by atoms with E-state index in [1.807, 2.05) is 0 Å². The van der Waals surface area contributed by atoms with Crippen molar-refractivity contribution in [2.75, 3.05) is 31.1 Å². The van der Waals surface area contributed by atoms with Crippen LogP contribution in [0.3, 0.4) is 0 Å². The lowest BCUT2D eigenvalue weighted by Gasteiger charge is -2.34. The summed E-state index contributed by atoms with van der Waals surface area (Å²) in [4.78, 5) is 21.6. The molecule has 33 heavy (non-hydrogen) atoms. The van der Waals surface area contributed by atoms with Gasteiger partial charge in [-0.15, -0.1) is 0 Å². The second-order valence-electron chi connectivity index (χ2n) is 6.84. The van der Waals surface area contributed by atoms with Crippen LogP contribution in [0.5, 0.6) is 0 Å². The van der Waals surface area contributed by atoms with E-state index in [1.54, 1.807) is 0 Å².